The van der Waals surface area contributed by atoms with E-state index in [0.29, 0.717) is 10.9 Å². The van der Waals surface area contributed by atoms with E-state index in [9.17, 15) is 0 Å². The normalized spacial score (nSPS) is 11.0. The third-order valence-electron chi connectivity index (χ3n) is 0.970. The molecule has 0 radical (unpaired) electrons. The van der Waals surface area contributed by atoms with Crippen molar-refractivity contribution in [1.82, 2.24) is 4.90 Å². The van der Waals surface area contributed by atoms with Gasteiger partial charge in [0, 0.05) is 20.2 Å². The van der Waals surface area contributed by atoms with E-state index in [-0.39, 0.29) is 0 Å². The zero-order chi connectivity index (χ0) is 8.15. The highest BCUT2D eigenvalue weighted by Gasteiger charge is 1.94. The van der Waals surface area contributed by atoms with E-state index in [0.717, 1.165) is 0 Å². The fourth-order valence-electron chi connectivity index (χ4n) is 0.321. The van der Waals surface area contributed by atoms with Gasteiger partial charge in [-0.05, 0) is 0 Å². The van der Waals surface area contributed by atoms with Crippen molar-refractivity contribution >= 4 is 11.6 Å². The van der Waals surface area contributed by atoms with E-state index in [1.165, 1.54) is 0 Å². The quantitative estimate of drug-likeness (QED) is 0.356. The number of nitrogens with zero attached hydrogens (tertiary/aromatic N) is 1. The lowest BCUT2D eigenvalue weighted by molar-refractivity contribution is 0.307. The first-order valence-corrected chi connectivity index (χ1v) is 3.23. The molecule has 0 bridgehead atoms. The van der Waals surface area contributed by atoms with E-state index >= 15 is 0 Å². The molecule has 0 saturated carbocycles. The molecule has 58 valence electrons. The third-order valence-corrected chi connectivity index (χ3v) is 1.42. The number of hydrogen-bond acceptors (Lipinski definition) is 2. The highest BCUT2D eigenvalue weighted by molar-refractivity contribution is 6.29. The Kier molecular flexibility index (Phi) is 3.96. The Bertz CT molecular complexity index is 152. The summed E-state index contributed by atoms with van der Waals surface area (Å²) in [5.74, 6) is 0.554. The zero-order valence-corrected chi connectivity index (χ0v) is 7.27. The third kappa shape index (κ3) is 3.41. The predicted octanol–water partition coefficient (Wildman–Crippen LogP) is 1.79. The second kappa shape index (κ2) is 4.23. The molecule has 0 amide bonds. The molecule has 0 saturated heterocycles. The summed E-state index contributed by atoms with van der Waals surface area (Å²) in [5.41, 5.74) is 0. The maximum atomic E-state index is 5.74. The summed E-state index contributed by atoms with van der Waals surface area (Å²) in [4.78, 5) is 1.77. The minimum Gasteiger partial charge on any atom is -0.497 e. The van der Waals surface area contributed by atoms with Crippen LogP contribution in [0.15, 0.2) is 23.6 Å². The van der Waals surface area contributed by atoms with Crippen molar-refractivity contribution in [3.05, 3.63) is 23.6 Å². The monoisotopic (exact) mass is 161 g/mol. The van der Waals surface area contributed by atoms with Crippen LogP contribution < -0.4 is 0 Å². The van der Waals surface area contributed by atoms with Crippen LogP contribution in [0.4, 0.5) is 0 Å². The molecule has 0 spiro atoms. The second-order valence-electron chi connectivity index (χ2n) is 2.03. The van der Waals surface area contributed by atoms with E-state index < -0.39 is 0 Å². The molecular formula is C7H12ClNO. The molecule has 0 aliphatic carbocycles. The number of rotatable bonds is 3. The van der Waals surface area contributed by atoms with Crippen molar-refractivity contribution in [3.63, 3.8) is 0 Å². The molecule has 0 aliphatic heterocycles. The van der Waals surface area contributed by atoms with Gasteiger partial charge in [-0.25, -0.2) is 0 Å². The number of methoxy groups -OCH3 is 1. The average molecular weight is 162 g/mol. The Morgan fingerprint density at radius 3 is 2.40 bits per heavy atom. The Morgan fingerprint density at radius 1 is 1.60 bits per heavy atom. The van der Waals surface area contributed by atoms with E-state index in [2.05, 4.69) is 6.58 Å². The minimum atomic E-state index is 0.554. The lowest BCUT2D eigenvalue weighted by Crippen LogP contribution is -2.06. The van der Waals surface area contributed by atoms with Gasteiger partial charge in [-0.1, -0.05) is 18.2 Å². The van der Waals surface area contributed by atoms with Gasteiger partial charge in [-0.2, -0.15) is 0 Å². The molecule has 0 rings (SSSR count). The zero-order valence-electron chi connectivity index (χ0n) is 6.52. The van der Waals surface area contributed by atoms with Crippen LogP contribution in [-0.2, 0) is 4.74 Å². The molecule has 0 fully saturated rings. The molecule has 2 nitrogen and oxygen atoms in total. The number of hydrogen-bond donors (Lipinski definition) is 0. The standard InChI is InChI=1S/C7H12ClNO/c1-6(10-4)5-7(8)9(2)3/h5H,1H2,2-4H3/b7-5-. The van der Waals surface area contributed by atoms with Crippen LogP contribution in [0.5, 0.6) is 0 Å². The van der Waals surface area contributed by atoms with Crippen LogP contribution in [-0.4, -0.2) is 26.1 Å². The van der Waals surface area contributed by atoms with E-state index in [1.807, 2.05) is 14.1 Å². The van der Waals surface area contributed by atoms with Crippen LogP contribution in [0, 0.1) is 0 Å². The summed E-state index contributed by atoms with van der Waals surface area (Å²) in [7, 11) is 5.25. The Hall–Kier alpha value is -0.630. The molecule has 0 aliphatic rings. The van der Waals surface area contributed by atoms with Crippen molar-refractivity contribution < 1.29 is 4.74 Å². The molecule has 3 heteroatoms. The van der Waals surface area contributed by atoms with Crippen LogP contribution >= 0.6 is 11.6 Å². The van der Waals surface area contributed by atoms with Gasteiger partial charge in [-0.15, -0.1) is 0 Å². The van der Waals surface area contributed by atoms with Gasteiger partial charge in [-0.3, -0.25) is 0 Å². The topological polar surface area (TPSA) is 12.5 Å². The molecular weight excluding hydrogens is 150 g/mol. The molecule has 10 heavy (non-hydrogen) atoms. The first kappa shape index (κ1) is 9.37. The maximum Gasteiger partial charge on any atom is 0.114 e. The Morgan fingerprint density at radius 2 is 2.10 bits per heavy atom. The summed E-state index contributed by atoms with van der Waals surface area (Å²) >= 11 is 5.74. The molecule has 0 aromatic rings. The number of allylic oxidation sites excluding steroid dienone is 1. The number of ether oxygens (including phenoxy) is 1. The van der Waals surface area contributed by atoms with Gasteiger partial charge in [0.1, 0.15) is 10.9 Å². The molecule has 0 atom stereocenters. The maximum absolute atomic E-state index is 5.74. The van der Waals surface area contributed by atoms with Crippen LogP contribution in [0.3, 0.4) is 0 Å². The average Bonchev–Trinajstić information content (AvgIpc) is 1.87. The van der Waals surface area contributed by atoms with Gasteiger partial charge >= 0.3 is 0 Å². The molecule has 0 aromatic carbocycles. The summed E-state index contributed by atoms with van der Waals surface area (Å²) < 4.78 is 4.79. The van der Waals surface area contributed by atoms with Crippen molar-refractivity contribution in [2.75, 3.05) is 21.2 Å². The molecule has 0 aromatic heterocycles. The van der Waals surface area contributed by atoms with Gasteiger partial charge in [0.2, 0.25) is 0 Å². The van der Waals surface area contributed by atoms with Crippen molar-refractivity contribution in [2.24, 2.45) is 0 Å². The first-order valence-electron chi connectivity index (χ1n) is 2.85. The van der Waals surface area contributed by atoms with Crippen molar-refractivity contribution in [3.8, 4) is 0 Å². The van der Waals surface area contributed by atoms with Gasteiger partial charge in [0.15, 0.2) is 0 Å². The predicted molar refractivity (Wildman–Crippen MR) is 43.8 cm³/mol. The minimum absolute atomic E-state index is 0.554. The molecule has 0 unspecified atom stereocenters. The van der Waals surface area contributed by atoms with Crippen LogP contribution in [0.1, 0.15) is 0 Å². The lowest BCUT2D eigenvalue weighted by Gasteiger charge is -2.09. The SMILES string of the molecule is C=C(/C=C(/Cl)N(C)C)OC. The van der Waals surface area contributed by atoms with E-state index in [4.69, 9.17) is 16.3 Å². The largest absolute Gasteiger partial charge is 0.497 e. The summed E-state index contributed by atoms with van der Waals surface area (Å²) in [5, 5.41) is 0.604. The first-order chi connectivity index (χ1) is 4.57. The van der Waals surface area contributed by atoms with Gasteiger partial charge in [0.05, 0.1) is 7.11 Å². The van der Waals surface area contributed by atoms with Crippen molar-refractivity contribution in [1.29, 1.82) is 0 Å². The lowest BCUT2D eigenvalue weighted by atomic mass is 10.5. The Labute approximate surface area is 66.7 Å². The van der Waals surface area contributed by atoms with Crippen LogP contribution in [0.25, 0.3) is 0 Å². The summed E-state index contributed by atoms with van der Waals surface area (Å²) in [6.45, 7) is 3.59. The van der Waals surface area contributed by atoms with Crippen molar-refractivity contribution in [2.45, 2.75) is 0 Å². The molecule has 0 heterocycles. The van der Waals surface area contributed by atoms with E-state index in [1.54, 1.807) is 18.1 Å². The highest BCUT2D eigenvalue weighted by Crippen LogP contribution is 2.07. The van der Waals surface area contributed by atoms with Gasteiger partial charge in [0.25, 0.3) is 0 Å². The van der Waals surface area contributed by atoms with Crippen LogP contribution in [0.2, 0.25) is 0 Å². The highest BCUT2D eigenvalue weighted by atomic mass is 35.5. The molecule has 0 N–H and O–H groups in total. The summed E-state index contributed by atoms with van der Waals surface area (Å²) in [6, 6.07) is 0. The fourth-order valence-corrected chi connectivity index (χ4v) is 0.443. The second-order valence-corrected chi connectivity index (χ2v) is 2.42. The summed E-state index contributed by atoms with van der Waals surface area (Å²) in [6.07, 6.45) is 1.65. The van der Waals surface area contributed by atoms with Gasteiger partial charge < -0.3 is 9.64 Å². The number of halogens is 1. The smallest absolute Gasteiger partial charge is 0.114 e. The fraction of sp³-hybridized carbons (Fsp3) is 0.429. The Balaban J connectivity index is 4.03.